The Labute approximate surface area is 146 Å². The molecule has 0 N–H and O–H groups in total. The molecule has 2 aliphatic heterocycles. The minimum absolute atomic E-state index is 0.409. The first kappa shape index (κ1) is 16.1. The van der Waals surface area contributed by atoms with Crippen molar-refractivity contribution in [3.05, 3.63) is 35.4 Å². The van der Waals surface area contributed by atoms with Crippen molar-refractivity contribution in [3.8, 4) is 0 Å². The van der Waals surface area contributed by atoms with Gasteiger partial charge >= 0.3 is 0 Å². The Morgan fingerprint density at radius 2 is 1.79 bits per heavy atom. The lowest BCUT2D eigenvalue weighted by Gasteiger charge is -2.47. The summed E-state index contributed by atoms with van der Waals surface area (Å²) in [6.45, 7) is 7.64. The fourth-order valence-corrected chi connectivity index (χ4v) is 4.43. The van der Waals surface area contributed by atoms with Crippen molar-refractivity contribution in [2.75, 3.05) is 26.2 Å². The topological polar surface area (TPSA) is 23.6 Å². The summed E-state index contributed by atoms with van der Waals surface area (Å²) in [7, 11) is 0. The number of carbonyl (C=O) groups excluding carboxylic acids is 1. The quantitative estimate of drug-likeness (QED) is 0.844. The number of hydrogen-bond donors (Lipinski definition) is 0. The molecule has 3 heteroatoms. The number of carbonyl (C=O) groups is 1. The van der Waals surface area contributed by atoms with Crippen LogP contribution in [0.15, 0.2) is 24.3 Å². The first-order valence-electron chi connectivity index (χ1n) is 9.68. The van der Waals surface area contributed by atoms with Gasteiger partial charge in [0.1, 0.15) is 0 Å². The molecule has 1 aromatic rings. The van der Waals surface area contributed by atoms with E-state index in [1.165, 1.54) is 49.9 Å². The number of hydrogen-bond acceptors (Lipinski definition) is 2. The van der Waals surface area contributed by atoms with Crippen LogP contribution in [-0.2, 0) is 11.3 Å². The molecule has 4 rings (SSSR count). The molecule has 3 fully saturated rings. The van der Waals surface area contributed by atoms with Gasteiger partial charge < -0.3 is 4.90 Å². The van der Waals surface area contributed by atoms with Crippen LogP contribution in [0.3, 0.4) is 0 Å². The highest BCUT2D eigenvalue weighted by Crippen LogP contribution is 2.42. The second-order valence-corrected chi connectivity index (χ2v) is 8.48. The number of rotatable bonds is 4. The van der Waals surface area contributed by atoms with Crippen molar-refractivity contribution in [2.24, 2.45) is 11.3 Å². The zero-order chi connectivity index (χ0) is 16.6. The first-order valence-corrected chi connectivity index (χ1v) is 9.68. The van der Waals surface area contributed by atoms with Gasteiger partial charge in [-0.05, 0) is 69.0 Å². The molecule has 0 aromatic heterocycles. The third kappa shape index (κ3) is 3.66. The molecule has 1 aliphatic carbocycles. The van der Waals surface area contributed by atoms with Gasteiger partial charge in [0.05, 0.1) is 0 Å². The monoisotopic (exact) mass is 326 g/mol. The van der Waals surface area contributed by atoms with Gasteiger partial charge in [-0.25, -0.2) is 0 Å². The molecule has 130 valence electrons. The van der Waals surface area contributed by atoms with E-state index < -0.39 is 0 Å². The summed E-state index contributed by atoms with van der Waals surface area (Å²) >= 11 is 0. The van der Waals surface area contributed by atoms with Crippen LogP contribution in [0.4, 0.5) is 0 Å². The van der Waals surface area contributed by atoms with E-state index in [0.717, 1.165) is 38.4 Å². The second-order valence-electron chi connectivity index (χ2n) is 8.48. The standard InChI is InChI=1S/C21H30N2O/c1-17-2-4-18(5-3-17)14-22-12-10-21(11-13-22)9-8-20(24)23(16-21)15-19-6-7-19/h2-5,19H,6-16H2,1H3. The molecule has 0 radical (unpaired) electrons. The Bertz CT molecular complexity index is 582. The number of aryl methyl sites for hydroxylation is 1. The lowest BCUT2D eigenvalue weighted by molar-refractivity contribution is -0.139. The smallest absolute Gasteiger partial charge is 0.222 e. The zero-order valence-corrected chi connectivity index (χ0v) is 15.0. The van der Waals surface area contributed by atoms with Crippen molar-refractivity contribution in [1.82, 2.24) is 9.80 Å². The highest BCUT2D eigenvalue weighted by Gasteiger charge is 2.42. The van der Waals surface area contributed by atoms with Crippen LogP contribution in [0.2, 0.25) is 0 Å². The molecule has 2 saturated heterocycles. The first-order chi connectivity index (χ1) is 11.6. The van der Waals surface area contributed by atoms with Crippen LogP contribution in [-0.4, -0.2) is 41.9 Å². The lowest BCUT2D eigenvalue weighted by atomic mass is 9.72. The molecular formula is C21H30N2O. The van der Waals surface area contributed by atoms with Gasteiger partial charge in [0.2, 0.25) is 5.91 Å². The van der Waals surface area contributed by atoms with Gasteiger partial charge in [-0.3, -0.25) is 9.69 Å². The Hall–Kier alpha value is -1.35. The number of nitrogens with zero attached hydrogens (tertiary/aromatic N) is 2. The van der Waals surface area contributed by atoms with Crippen LogP contribution in [0.25, 0.3) is 0 Å². The van der Waals surface area contributed by atoms with Crippen molar-refractivity contribution in [1.29, 1.82) is 0 Å². The minimum atomic E-state index is 0.409. The molecular weight excluding hydrogens is 296 g/mol. The van der Waals surface area contributed by atoms with Gasteiger partial charge in [0.25, 0.3) is 0 Å². The average molecular weight is 326 g/mol. The predicted molar refractivity (Wildman–Crippen MR) is 96.7 cm³/mol. The van der Waals surface area contributed by atoms with E-state index in [4.69, 9.17) is 0 Å². The van der Waals surface area contributed by atoms with Crippen LogP contribution >= 0.6 is 0 Å². The summed E-state index contributed by atoms with van der Waals surface area (Å²) in [6.07, 6.45) is 7.08. The van der Waals surface area contributed by atoms with E-state index in [0.29, 0.717) is 11.3 Å². The predicted octanol–water partition coefficient (Wildman–Crippen LogP) is 3.61. The van der Waals surface area contributed by atoms with E-state index in [-0.39, 0.29) is 0 Å². The molecule has 3 aliphatic rings. The van der Waals surface area contributed by atoms with Crippen LogP contribution in [0.1, 0.15) is 49.7 Å². The molecule has 1 aromatic carbocycles. The van der Waals surface area contributed by atoms with Crippen molar-refractivity contribution in [2.45, 2.75) is 52.0 Å². The highest BCUT2D eigenvalue weighted by molar-refractivity contribution is 5.77. The average Bonchev–Trinajstić information content (AvgIpc) is 3.40. The molecule has 3 nitrogen and oxygen atoms in total. The number of benzene rings is 1. The SMILES string of the molecule is Cc1ccc(CN2CCC3(CCC(=O)N(CC4CC4)C3)CC2)cc1. The van der Waals surface area contributed by atoms with Crippen molar-refractivity contribution < 1.29 is 4.79 Å². The third-order valence-corrected chi connectivity index (χ3v) is 6.37. The molecule has 1 saturated carbocycles. The summed E-state index contributed by atoms with van der Waals surface area (Å²) in [5.41, 5.74) is 3.16. The molecule has 24 heavy (non-hydrogen) atoms. The van der Waals surface area contributed by atoms with E-state index in [2.05, 4.69) is 41.0 Å². The Balaban J connectivity index is 1.32. The second kappa shape index (κ2) is 6.51. The summed E-state index contributed by atoms with van der Waals surface area (Å²) in [5, 5.41) is 0. The third-order valence-electron chi connectivity index (χ3n) is 6.37. The largest absolute Gasteiger partial charge is 0.342 e. The van der Waals surface area contributed by atoms with Crippen LogP contribution in [0.5, 0.6) is 0 Å². The van der Waals surface area contributed by atoms with E-state index in [9.17, 15) is 4.79 Å². The minimum Gasteiger partial charge on any atom is -0.342 e. The van der Waals surface area contributed by atoms with Crippen molar-refractivity contribution >= 4 is 5.91 Å². The van der Waals surface area contributed by atoms with Gasteiger partial charge in [-0.2, -0.15) is 0 Å². The molecule has 1 amide bonds. The van der Waals surface area contributed by atoms with Crippen molar-refractivity contribution in [3.63, 3.8) is 0 Å². The number of piperidine rings is 2. The lowest BCUT2D eigenvalue weighted by Crippen LogP contribution is -2.51. The summed E-state index contributed by atoms with van der Waals surface area (Å²) < 4.78 is 0. The highest BCUT2D eigenvalue weighted by atomic mass is 16.2. The molecule has 2 heterocycles. The van der Waals surface area contributed by atoms with E-state index in [1.807, 2.05) is 0 Å². The maximum absolute atomic E-state index is 12.2. The summed E-state index contributed by atoms with van der Waals surface area (Å²) in [4.78, 5) is 17.0. The summed E-state index contributed by atoms with van der Waals surface area (Å²) in [6, 6.07) is 8.94. The summed E-state index contributed by atoms with van der Waals surface area (Å²) in [5.74, 6) is 1.22. The maximum atomic E-state index is 12.2. The van der Waals surface area contributed by atoms with Gasteiger partial charge in [0, 0.05) is 26.1 Å². The van der Waals surface area contributed by atoms with Crippen LogP contribution < -0.4 is 0 Å². The fraction of sp³-hybridized carbons (Fsp3) is 0.667. The normalized spacial score (nSPS) is 24.5. The Morgan fingerprint density at radius 1 is 1.08 bits per heavy atom. The molecule has 1 spiro atoms. The van der Waals surface area contributed by atoms with E-state index in [1.54, 1.807) is 0 Å². The van der Waals surface area contributed by atoms with E-state index >= 15 is 0 Å². The van der Waals surface area contributed by atoms with Gasteiger partial charge in [0.15, 0.2) is 0 Å². The Kier molecular flexibility index (Phi) is 4.38. The van der Waals surface area contributed by atoms with Crippen LogP contribution in [0, 0.1) is 18.3 Å². The number of amides is 1. The van der Waals surface area contributed by atoms with Gasteiger partial charge in [-0.1, -0.05) is 29.8 Å². The maximum Gasteiger partial charge on any atom is 0.222 e. The number of likely N-dealkylation sites (tertiary alicyclic amines) is 2. The Morgan fingerprint density at radius 3 is 2.46 bits per heavy atom. The molecule has 0 atom stereocenters. The molecule has 0 bridgehead atoms. The molecule has 0 unspecified atom stereocenters. The fourth-order valence-electron chi connectivity index (χ4n) is 4.43. The van der Waals surface area contributed by atoms with Gasteiger partial charge in [-0.15, -0.1) is 0 Å². The zero-order valence-electron chi connectivity index (χ0n) is 15.0.